The number of nitrogens with zero attached hydrogens (tertiary/aromatic N) is 2. The molecule has 1 atom stereocenters. The van der Waals surface area contributed by atoms with Gasteiger partial charge in [0.05, 0.1) is 0 Å². The Morgan fingerprint density at radius 3 is 2.13 bits per heavy atom. The van der Waals surface area contributed by atoms with Crippen LogP contribution in [0.2, 0.25) is 0 Å². The van der Waals surface area contributed by atoms with Crippen molar-refractivity contribution in [2.45, 2.75) is 39.2 Å². The number of carbonyl (C=O) groups excluding carboxylic acids is 1. The summed E-state index contributed by atoms with van der Waals surface area (Å²) in [7, 11) is 0. The molecule has 5 nitrogen and oxygen atoms in total. The number of Topliss-reactive ketones (excluding diaryl/α,β-unsaturated/α-hetero) is 1. The molecule has 0 saturated carbocycles. The standard InChI is InChI=1S/C25H34N2O3/c1-19(28)20-5-9-22(10-6-20)27-15-13-26(14-16-27)17-23(29)18-30-24-11-7-21(8-12-24)25(2,3)4/h5-12,23,29H,13-18H2,1-4H3. The molecular formula is C25H34N2O3. The van der Waals surface area contributed by atoms with Crippen LogP contribution in [0.5, 0.6) is 5.75 Å². The van der Waals surface area contributed by atoms with Crippen LogP contribution in [0.3, 0.4) is 0 Å². The van der Waals surface area contributed by atoms with Crippen molar-refractivity contribution >= 4 is 11.5 Å². The lowest BCUT2D eigenvalue weighted by molar-refractivity contribution is 0.0663. The molecule has 0 amide bonds. The molecule has 0 aromatic heterocycles. The number of hydrogen-bond acceptors (Lipinski definition) is 5. The topological polar surface area (TPSA) is 53.0 Å². The van der Waals surface area contributed by atoms with E-state index in [0.29, 0.717) is 13.2 Å². The molecule has 1 N–H and O–H groups in total. The fraction of sp³-hybridized carbons (Fsp3) is 0.480. The highest BCUT2D eigenvalue weighted by Gasteiger charge is 2.20. The molecule has 1 fully saturated rings. The summed E-state index contributed by atoms with van der Waals surface area (Å²) in [5.74, 6) is 0.883. The fourth-order valence-corrected chi connectivity index (χ4v) is 3.69. The molecule has 1 aliphatic heterocycles. The number of rotatable bonds is 7. The number of hydrogen-bond donors (Lipinski definition) is 1. The van der Waals surface area contributed by atoms with E-state index in [1.165, 1.54) is 5.56 Å². The Labute approximate surface area is 180 Å². The van der Waals surface area contributed by atoms with Crippen molar-refractivity contribution in [2.75, 3.05) is 44.2 Å². The summed E-state index contributed by atoms with van der Waals surface area (Å²) < 4.78 is 5.78. The molecule has 162 valence electrons. The minimum absolute atomic E-state index is 0.0905. The van der Waals surface area contributed by atoms with Crippen molar-refractivity contribution in [1.29, 1.82) is 0 Å². The third kappa shape index (κ3) is 6.07. The molecular weight excluding hydrogens is 376 g/mol. The Hall–Kier alpha value is -2.37. The van der Waals surface area contributed by atoms with Gasteiger partial charge in [-0.25, -0.2) is 0 Å². The molecule has 30 heavy (non-hydrogen) atoms. The van der Waals surface area contributed by atoms with E-state index in [4.69, 9.17) is 4.74 Å². The largest absolute Gasteiger partial charge is 0.491 e. The van der Waals surface area contributed by atoms with E-state index in [0.717, 1.165) is 43.2 Å². The number of ether oxygens (including phenoxy) is 1. The lowest BCUT2D eigenvalue weighted by Crippen LogP contribution is -2.49. The normalized spacial score (nSPS) is 16.4. The van der Waals surface area contributed by atoms with Crippen LogP contribution in [0.4, 0.5) is 5.69 Å². The van der Waals surface area contributed by atoms with Crippen LogP contribution < -0.4 is 9.64 Å². The first kappa shape index (κ1) is 22.3. The van der Waals surface area contributed by atoms with Crippen LogP contribution >= 0.6 is 0 Å². The molecule has 1 heterocycles. The first-order valence-corrected chi connectivity index (χ1v) is 10.7. The lowest BCUT2D eigenvalue weighted by Gasteiger charge is -2.36. The molecule has 2 aromatic carbocycles. The smallest absolute Gasteiger partial charge is 0.159 e. The van der Waals surface area contributed by atoms with Gasteiger partial charge in [-0.3, -0.25) is 9.69 Å². The maximum absolute atomic E-state index is 11.4. The minimum Gasteiger partial charge on any atom is -0.491 e. The Balaban J connectivity index is 1.41. The molecule has 5 heteroatoms. The average Bonchev–Trinajstić information content (AvgIpc) is 2.72. The van der Waals surface area contributed by atoms with Crippen molar-refractivity contribution in [2.24, 2.45) is 0 Å². The number of ketones is 1. The highest BCUT2D eigenvalue weighted by Crippen LogP contribution is 2.24. The molecule has 2 aromatic rings. The van der Waals surface area contributed by atoms with Gasteiger partial charge in [-0.1, -0.05) is 32.9 Å². The number of benzene rings is 2. The zero-order valence-electron chi connectivity index (χ0n) is 18.6. The van der Waals surface area contributed by atoms with Gasteiger partial charge in [0.2, 0.25) is 0 Å². The van der Waals surface area contributed by atoms with Gasteiger partial charge in [-0.05, 0) is 54.3 Å². The zero-order valence-corrected chi connectivity index (χ0v) is 18.6. The number of anilines is 1. The van der Waals surface area contributed by atoms with E-state index in [9.17, 15) is 9.90 Å². The second kappa shape index (κ2) is 9.63. The highest BCUT2D eigenvalue weighted by molar-refractivity contribution is 5.94. The van der Waals surface area contributed by atoms with Gasteiger partial charge >= 0.3 is 0 Å². The summed E-state index contributed by atoms with van der Waals surface area (Å²) >= 11 is 0. The fourth-order valence-electron chi connectivity index (χ4n) is 3.69. The second-order valence-corrected chi connectivity index (χ2v) is 9.13. The first-order chi connectivity index (χ1) is 14.2. The third-order valence-corrected chi connectivity index (χ3v) is 5.64. The summed E-state index contributed by atoms with van der Waals surface area (Å²) in [6.07, 6.45) is -0.520. The van der Waals surface area contributed by atoms with E-state index in [-0.39, 0.29) is 11.2 Å². The molecule has 0 radical (unpaired) electrons. The Morgan fingerprint density at radius 2 is 1.60 bits per heavy atom. The molecule has 1 aliphatic rings. The zero-order chi connectivity index (χ0) is 21.7. The van der Waals surface area contributed by atoms with E-state index < -0.39 is 6.10 Å². The minimum atomic E-state index is -0.520. The number of aliphatic hydroxyl groups excluding tert-OH is 1. The average molecular weight is 411 g/mol. The van der Waals surface area contributed by atoms with Gasteiger partial charge in [-0.2, -0.15) is 0 Å². The van der Waals surface area contributed by atoms with Crippen molar-refractivity contribution in [3.05, 3.63) is 59.7 Å². The first-order valence-electron chi connectivity index (χ1n) is 10.7. The number of carbonyl (C=O) groups is 1. The van der Waals surface area contributed by atoms with Crippen LogP contribution in [0, 0.1) is 0 Å². The highest BCUT2D eigenvalue weighted by atomic mass is 16.5. The van der Waals surface area contributed by atoms with E-state index in [1.807, 2.05) is 36.4 Å². The maximum atomic E-state index is 11.4. The van der Waals surface area contributed by atoms with Gasteiger partial charge in [0.1, 0.15) is 18.5 Å². The van der Waals surface area contributed by atoms with Gasteiger partial charge in [-0.15, -0.1) is 0 Å². The third-order valence-electron chi connectivity index (χ3n) is 5.64. The van der Waals surface area contributed by atoms with Crippen LogP contribution in [-0.2, 0) is 5.41 Å². The van der Waals surface area contributed by atoms with Gasteiger partial charge in [0, 0.05) is 44.0 Å². The van der Waals surface area contributed by atoms with Gasteiger partial charge < -0.3 is 14.7 Å². The predicted octanol–water partition coefficient (Wildman–Crippen LogP) is 3.75. The Kier molecular flexibility index (Phi) is 7.16. The summed E-state index contributed by atoms with van der Waals surface area (Å²) in [4.78, 5) is 16.0. The van der Waals surface area contributed by atoms with Gasteiger partial charge in [0.15, 0.2) is 5.78 Å². The molecule has 0 spiro atoms. The summed E-state index contributed by atoms with van der Waals surface area (Å²) in [5, 5.41) is 10.4. The van der Waals surface area contributed by atoms with Crippen molar-refractivity contribution in [1.82, 2.24) is 4.90 Å². The van der Waals surface area contributed by atoms with Crippen LogP contribution in [0.1, 0.15) is 43.6 Å². The van der Waals surface area contributed by atoms with E-state index in [1.54, 1.807) is 6.92 Å². The predicted molar refractivity (Wildman–Crippen MR) is 122 cm³/mol. The summed E-state index contributed by atoms with van der Waals surface area (Å²) in [5.41, 5.74) is 3.27. The summed E-state index contributed by atoms with van der Waals surface area (Å²) in [6.45, 7) is 12.7. The van der Waals surface area contributed by atoms with Crippen LogP contribution in [0.25, 0.3) is 0 Å². The lowest BCUT2D eigenvalue weighted by atomic mass is 9.87. The quantitative estimate of drug-likeness (QED) is 0.705. The van der Waals surface area contributed by atoms with Crippen molar-refractivity contribution in [3.8, 4) is 5.75 Å². The Morgan fingerprint density at radius 1 is 1.00 bits per heavy atom. The number of β-amino-alcohol motifs (C(OH)–C–C–N with tert-alkyl or cyclic N) is 1. The number of aliphatic hydroxyl groups is 1. The second-order valence-electron chi connectivity index (χ2n) is 9.13. The van der Waals surface area contributed by atoms with Crippen LogP contribution in [0.15, 0.2) is 48.5 Å². The van der Waals surface area contributed by atoms with Crippen molar-refractivity contribution < 1.29 is 14.6 Å². The molecule has 0 aliphatic carbocycles. The van der Waals surface area contributed by atoms with E-state index >= 15 is 0 Å². The SMILES string of the molecule is CC(=O)c1ccc(N2CCN(CC(O)COc3ccc(C(C)(C)C)cc3)CC2)cc1. The van der Waals surface area contributed by atoms with Crippen LogP contribution in [-0.4, -0.2) is 61.2 Å². The summed E-state index contributed by atoms with van der Waals surface area (Å²) in [6, 6.07) is 15.9. The van der Waals surface area contributed by atoms with Gasteiger partial charge in [0.25, 0.3) is 0 Å². The molecule has 1 saturated heterocycles. The monoisotopic (exact) mass is 410 g/mol. The van der Waals surface area contributed by atoms with E-state index in [2.05, 4.69) is 42.7 Å². The Bertz CT molecular complexity index is 817. The molecule has 0 bridgehead atoms. The maximum Gasteiger partial charge on any atom is 0.159 e. The van der Waals surface area contributed by atoms with Crippen molar-refractivity contribution in [3.63, 3.8) is 0 Å². The molecule has 3 rings (SSSR count). The number of piperazine rings is 1. The molecule has 1 unspecified atom stereocenters.